The minimum absolute atomic E-state index is 0.00580. The summed E-state index contributed by atoms with van der Waals surface area (Å²) in [5.74, 6) is 0. The molecule has 4 heteroatoms. The molecule has 2 heterocycles. The van der Waals surface area contributed by atoms with Crippen LogP contribution in [0, 0.1) is 0 Å². The molecule has 0 amide bonds. The number of nitrogens with zero attached hydrogens (tertiary/aromatic N) is 2. The van der Waals surface area contributed by atoms with Gasteiger partial charge in [0, 0.05) is 10.9 Å². The van der Waals surface area contributed by atoms with Crippen molar-refractivity contribution in [2.75, 3.05) is 0 Å². The lowest BCUT2D eigenvalue weighted by Gasteiger charge is -2.22. The lowest BCUT2D eigenvalue weighted by atomic mass is 9.82. The maximum atomic E-state index is 6.13. The minimum Gasteiger partial charge on any atom is -0.438 e. The molecule has 0 fully saturated rings. The molecule has 0 spiro atoms. The highest BCUT2D eigenvalue weighted by atomic mass is 32.1. The molecule has 31 heavy (non-hydrogen) atoms. The van der Waals surface area contributed by atoms with Gasteiger partial charge in [0.05, 0.1) is 11.1 Å². The molecule has 5 rings (SSSR count). The highest BCUT2D eigenvalue weighted by Gasteiger charge is 2.21. The Morgan fingerprint density at radius 1 is 0.968 bits per heavy atom. The van der Waals surface area contributed by atoms with Gasteiger partial charge in [-0.3, -0.25) is 0 Å². The van der Waals surface area contributed by atoms with Gasteiger partial charge in [-0.25, -0.2) is 9.97 Å². The largest absolute Gasteiger partial charge is 0.438 e. The van der Waals surface area contributed by atoms with Crippen LogP contribution in [-0.4, -0.2) is 9.97 Å². The van der Waals surface area contributed by atoms with E-state index in [1.165, 1.54) is 16.3 Å². The summed E-state index contributed by atoms with van der Waals surface area (Å²) in [4.78, 5) is 9.13. The zero-order valence-electron chi connectivity index (χ0n) is 18.1. The van der Waals surface area contributed by atoms with Gasteiger partial charge in [0.15, 0.2) is 0 Å². The van der Waals surface area contributed by atoms with E-state index in [-0.39, 0.29) is 5.41 Å². The quantitative estimate of drug-likeness (QED) is 0.294. The molecule has 0 aliphatic heterocycles. The van der Waals surface area contributed by atoms with E-state index in [0.717, 1.165) is 38.7 Å². The molecule has 0 N–H and O–H groups in total. The number of hydrogen-bond acceptors (Lipinski definition) is 4. The van der Waals surface area contributed by atoms with Crippen LogP contribution in [0.1, 0.15) is 38.8 Å². The number of allylic oxidation sites excluding steroid dienone is 1. The summed E-state index contributed by atoms with van der Waals surface area (Å²) in [6, 6.07) is 19.3. The molecule has 2 aromatic heterocycles. The third-order valence-corrected chi connectivity index (χ3v) is 6.25. The van der Waals surface area contributed by atoms with Gasteiger partial charge in [0.1, 0.15) is 11.9 Å². The number of thiol groups is 1. The highest BCUT2D eigenvalue weighted by molar-refractivity contribution is 7.83. The Hall–Kier alpha value is -3.11. The van der Waals surface area contributed by atoms with Gasteiger partial charge in [0.2, 0.25) is 5.71 Å². The Morgan fingerprint density at radius 2 is 1.77 bits per heavy atom. The molecular formula is C27H24N2OS. The molecule has 0 bridgehead atoms. The summed E-state index contributed by atoms with van der Waals surface area (Å²) < 4.78 is 6.13. The maximum absolute atomic E-state index is 6.13. The van der Waals surface area contributed by atoms with Crippen molar-refractivity contribution in [3.8, 4) is 11.3 Å². The predicted octanol–water partition coefficient (Wildman–Crippen LogP) is 7.78. The molecule has 154 valence electrons. The Bertz CT molecular complexity index is 1490. The average molecular weight is 425 g/mol. The zero-order chi connectivity index (χ0) is 21.8. The fourth-order valence-electron chi connectivity index (χ4n) is 4.21. The lowest BCUT2D eigenvalue weighted by Crippen LogP contribution is -2.12. The van der Waals surface area contributed by atoms with E-state index < -0.39 is 0 Å². The molecule has 3 aromatic carbocycles. The number of benzene rings is 3. The number of furan rings is 1. The molecule has 5 aromatic rings. The summed E-state index contributed by atoms with van der Waals surface area (Å²) in [5.41, 5.74) is 6.86. The van der Waals surface area contributed by atoms with Gasteiger partial charge in [-0.1, -0.05) is 51.1 Å². The van der Waals surface area contributed by atoms with Gasteiger partial charge in [-0.15, -0.1) is 0 Å². The van der Waals surface area contributed by atoms with Crippen molar-refractivity contribution in [2.45, 2.75) is 33.1 Å². The summed E-state index contributed by atoms with van der Waals surface area (Å²) in [7, 11) is 0. The average Bonchev–Trinajstić information content (AvgIpc) is 3.15. The second kappa shape index (κ2) is 7.24. The molecule has 0 atom stereocenters. The van der Waals surface area contributed by atoms with Crippen molar-refractivity contribution >= 4 is 51.0 Å². The van der Waals surface area contributed by atoms with E-state index in [9.17, 15) is 0 Å². The first-order valence-electron chi connectivity index (χ1n) is 10.4. The Morgan fingerprint density at radius 3 is 2.55 bits per heavy atom. The Balaban J connectivity index is 1.82. The van der Waals surface area contributed by atoms with Crippen LogP contribution >= 0.6 is 12.6 Å². The van der Waals surface area contributed by atoms with Gasteiger partial charge in [0.25, 0.3) is 0 Å². The van der Waals surface area contributed by atoms with E-state index in [2.05, 4.69) is 86.9 Å². The van der Waals surface area contributed by atoms with E-state index in [4.69, 9.17) is 9.40 Å². The summed E-state index contributed by atoms with van der Waals surface area (Å²) in [5, 5.41) is 6.26. The molecule has 3 nitrogen and oxygen atoms in total. The molecule has 0 aliphatic rings. The van der Waals surface area contributed by atoms with Crippen LogP contribution in [0.4, 0.5) is 0 Å². The fraction of sp³-hybridized carbons (Fsp3) is 0.185. The highest BCUT2D eigenvalue weighted by Crippen LogP contribution is 2.39. The van der Waals surface area contributed by atoms with Crippen LogP contribution in [0.2, 0.25) is 0 Å². The van der Waals surface area contributed by atoms with E-state index in [1.807, 2.05) is 13.0 Å². The van der Waals surface area contributed by atoms with Crippen LogP contribution in [0.15, 0.2) is 70.7 Å². The fourth-order valence-corrected chi connectivity index (χ4v) is 4.36. The molecule has 0 saturated heterocycles. The smallest absolute Gasteiger partial charge is 0.230 e. The summed E-state index contributed by atoms with van der Waals surface area (Å²) >= 11 is 4.28. The first kappa shape index (κ1) is 19.8. The van der Waals surface area contributed by atoms with Crippen molar-refractivity contribution in [3.63, 3.8) is 0 Å². The van der Waals surface area contributed by atoms with Gasteiger partial charge in [-0.05, 0) is 69.5 Å². The lowest BCUT2D eigenvalue weighted by molar-refractivity contribution is 0.596. The van der Waals surface area contributed by atoms with Crippen LogP contribution in [-0.2, 0) is 5.41 Å². The normalized spacial score (nSPS) is 12.9. The number of aromatic nitrogens is 2. The maximum Gasteiger partial charge on any atom is 0.230 e. The van der Waals surface area contributed by atoms with Crippen molar-refractivity contribution in [3.05, 3.63) is 77.5 Å². The Labute approximate surface area is 187 Å². The van der Waals surface area contributed by atoms with Crippen molar-refractivity contribution in [1.29, 1.82) is 0 Å². The topological polar surface area (TPSA) is 38.9 Å². The Kier molecular flexibility index (Phi) is 4.63. The van der Waals surface area contributed by atoms with Crippen molar-refractivity contribution in [2.24, 2.45) is 0 Å². The number of rotatable bonds is 2. The molecule has 0 aliphatic carbocycles. The third-order valence-electron chi connectivity index (χ3n) is 5.86. The zero-order valence-corrected chi connectivity index (χ0v) is 19.0. The first-order chi connectivity index (χ1) is 14.9. The van der Waals surface area contributed by atoms with Crippen LogP contribution in [0.25, 0.3) is 49.7 Å². The van der Waals surface area contributed by atoms with Gasteiger partial charge in [-0.2, -0.15) is 12.6 Å². The van der Waals surface area contributed by atoms with Crippen LogP contribution < -0.4 is 0 Å². The van der Waals surface area contributed by atoms with E-state index in [1.54, 1.807) is 11.7 Å². The van der Waals surface area contributed by atoms with Crippen molar-refractivity contribution in [1.82, 2.24) is 9.97 Å². The molecule has 0 saturated carbocycles. The van der Waals surface area contributed by atoms with E-state index >= 15 is 0 Å². The number of fused-ring (bicyclic) bond motifs is 4. The van der Waals surface area contributed by atoms with Crippen LogP contribution in [0.3, 0.4) is 0 Å². The number of hydrogen-bond donors (Lipinski definition) is 1. The first-order valence-corrected chi connectivity index (χ1v) is 10.9. The van der Waals surface area contributed by atoms with Crippen LogP contribution in [0.5, 0.6) is 0 Å². The third kappa shape index (κ3) is 3.31. The van der Waals surface area contributed by atoms with Gasteiger partial charge < -0.3 is 4.42 Å². The minimum atomic E-state index is 0.00580. The van der Waals surface area contributed by atoms with Gasteiger partial charge >= 0.3 is 0 Å². The van der Waals surface area contributed by atoms with Crippen molar-refractivity contribution < 1.29 is 4.42 Å². The molecular weight excluding hydrogens is 400 g/mol. The second-order valence-corrected chi connectivity index (χ2v) is 9.28. The second-order valence-electron chi connectivity index (χ2n) is 9.02. The summed E-state index contributed by atoms with van der Waals surface area (Å²) in [6.07, 6.45) is 1.59. The SMILES string of the molecule is C/C(=C/S)c1ccc2c(c1)oc1ncnc(-c3cc(C(C)(C)C)c4ccccc4c3)c12. The standard InChI is InChI=1S/C27H24N2OS/c1-16(14-31)17-9-10-21-23(13-17)30-26-24(21)25(28-15-29-26)19-11-18-7-5-6-8-20(18)22(12-19)27(2,3)4/h5-15,31H,1-4H3/b16-14-. The predicted molar refractivity (Wildman–Crippen MR) is 134 cm³/mol. The molecule has 0 radical (unpaired) electrons. The van der Waals surface area contributed by atoms with E-state index in [0.29, 0.717) is 5.71 Å². The monoisotopic (exact) mass is 424 g/mol. The molecule has 0 unspecified atom stereocenters. The summed E-state index contributed by atoms with van der Waals surface area (Å²) in [6.45, 7) is 8.78.